The van der Waals surface area contributed by atoms with Crippen molar-refractivity contribution < 1.29 is 29.3 Å². The second kappa shape index (κ2) is 17.8. The summed E-state index contributed by atoms with van der Waals surface area (Å²) in [5, 5.41) is 0. The van der Waals surface area contributed by atoms with Crippen molar-refractivity contribution in [1.29, 1.82) is 0 Å². The molecule has 1 aliphatic rings. The summed E-state index contributed by atoms with van der Waals surface area (Å²) >= 11 is 0. The van der Waals surface area contributed by atoms with Gasteiger partial charge in [0.05, 0.1) is 5.82 Å². The first-order valence-electron chi connectivity index (χ1n) is 18.8. The summed E-state index contributed by atoms with van der Waals surface area (Å²) in [6.45, 7) is 13.3. The van der Waals surface area contributed by atoms with Crippen LogP contribution < -0.4 is 0 Å². The monoisotopic (exact) mass is 896 g/mol. The third-order valence-corrected chi connectivity index (χ3v) is 10.0. The van der Waals surface area contributed by atoms with Crippen LogP contribution in [0.15, 0.2) is 158 Å². The summed E-state index contributed by atoms with van der Waals surface area (Å²) in [4.78, 5) is 4.60. The van der Waals surface area contributed by atoms with Gasteiger partial charge in [-0.15, -0.1) is 42.0 Å². The molecule has 55 heavy (non-hydrogen) atoms. The van der Waals surface area contributed by atoms with Crippen LogP contribution in [0.3, 0.4) is 0 Å². The standard InChI is InChI=1S/C29H24N2.C21H23N2.Ir/c1-22-13-9-11-19-26(22)28-29(27-20-12-10-14-23(27)2)31(25-17-7-4-8-18-25)21-30(28)24-15-5-3-6-16-24;1-15(2)18-11-8-12-19(16(3)4)20(18)23-14-13-22-21(23)17-9-6-5-7-10-17;/h3-17,19-20,29H,1-2H3;5-9,11-16H,1-4H3;/q;-1;+3. The molecule has 1 atom stereocenters. The van der Waals surface area contributed by atoms with Gasteiger partial charge in [-0.25, -0.2) is 9.15 Å². The molecule has 5 heteroatoms. The van der Waals surface area contributed by atoms with E-state index in [0.29, 0.717) is 11.8 Å². The normalized spacial score (nSPS) is 13.7. The first-order chi connectivity index (χ1) is 26.3. The Morgan fingerprint density at radius 2 is 1.25 bits per heavy atom. The van der Waals surface area contributed by atoms with Crippen LogP contribution >= 0.6 is 0 Å². The number of hydrogen-bond donors (Lipinski definition) is 0. The number of nitrogens with zero attached hydrogens (tertiary/aromatic N) is 4. The van der Waals surface area contributed by atoms with E-state index in [1.807, 2.05) is 36.5 Å². The molecular formula is C50H47IrN4+2. The van der Waals surface area contributed by atoms with Crippen LogP contribution in [-0.4, -0.2) is 30.8 Å². The van der Waals surface area contributed by atoms with E-state index < -0.39 is 0 Å². The van der Waals surface area contributed by atoms with Crippen LogP contribution in [0.2, 0.25) is 0 Å². The molecule has 2 heterocycles. The number of para-hydroxylation sites is 3. The molecule has 1 aromatic heterocycles. The van der Waals surface area contributed by atoms with Crippen LogP contribution in [0.25, 0.3) is 17.1 Å². The smallest absolute Gasteiger partial charge is 0.340 e. The van der Waals surface area contributed by atoms with Crippen LogP contribution in [-0.2, 0) is 20.1 Å². The fraction of sp³-hybridized carbons (Fsp3) is 0.180. The molecule has 0 radical (unpaired) electrons. The molecule has 1 unspecified atom stereocenters. The molecule has 0 bridgehead atoms. The maximum atomic E-state index is 4.60. The molecular weight excluding hydrogens is 849 g/mol. The van der Waals surface area contributed by atoms with Crippen LogP contribution in [0, 0.1) is 26.0 Å². The minimum atomic E-state index is -0.0128. The molecule has 4 nitrogen and oxygen atoms in total. The van der Waals surface area contributed by atoms with Crippen molar-refractivity contribution in [3.05, 3.63) is 203 Å². The van der Waals surface area contributed by atoms with Gasteiger partial charge in [0.2, 0.25) is 6.04 Å². The topological polar surface area (TPSA) is 23.8 Å². The minimum Gasteiger partial charge on any atom is -0.340 e. The Morgan fingerprint density at radius 3 is 1.87 bits per heavy atom. The molecule has 274 valence electrons. The molecule has 0 N–H and O–H groups in total. The third-order valence-electron chi connectivity index (χ3n) is 10.0. The van der Waals surface area contributed by atoms with Crippen molar-refractivity contribution in [2.45, 2.75) is 59.4 Å². The van der Waals surface area contributed by atoms with E-state index in [9.17, 15) is 0 Å². The molecule has 0 spiro atoms. The average Bonchev–Trinajstić information content (AvgIpc) is 3.85. The van der Waals surface area contributed by atoms with E-state index >= 15 is 0 Å². The predicted octanol–water partition coefficient (Wildman–Crippen LogP) is 11.8. The zero-order valence-electron chi connectivity index (χ0n) is 32.4. The van der Waals surface area contributed by atoms with Crippen molar-refractivity contribution in [2.75, 3.05) is 0 Å². The molecule has 0 amide bonds. The molecule has 0 aliphatic carbocycles. The quantitative estimate of drug-likeness (QED) is 0.110. The molecule has 7 aromatic rings. The fourth-order valence-electron chi connectivity index (χ4n) is 7.28. The molecule has 6 aromatic carbocycles. The first-order valence-corrected chi connectivity index (χ1v) is 18.8. The third kappa shape index (κ3) is 8.29. The Labute approximate surface area is 340 Å². The minimum absolute atomic E-state index is 0. The Bertz CT molecular complexity index is 2380. The Hall–Kier alpha value is -5.48. The summed E-state index contributed by atoms with van der Waals surface area (Å²) in [5.41, 5.74) is 13.3. The van der Waals surface area contributed by atoms with Gasteiger partial charge >= 0.3 is 26.4 Å². The van der Waals surface area contributed by atoms with Gasteiger partial charge in [-0.05, 0) is 60.1 Å². The summed E-state index contributed by atoms with van der Waals surface area (Å²) in [5.74, 6) is 1.86. The van der Waals surface area contributed by atoms with Crippen LogP contribution in [0.5, 0.6) is 0 Å². The predicted molar refractivity (Wildman–Crippen MR) is 222 cm³/mol. The molecule has 8 rings (SSSR count). The zero-order valence-corrected chi connectivity index (χ0v) is 34.8. The fourth-order valence-corrected chi connectivity index (χ4v) is 7.28. The van der Waals surface area contributed by atoms with Crippen molar-refractivity contribution >= 4 is 23.4 Å². The first kappa shape index (κ1) is 39.2. The SMILES string of the molecule is CC(C)c1cccc(C(C)C)c1-n1ccnc1-c1[c-]cccc1.Cc1ccccc1C1=[N+](c2ccccc2)[C-]=[N+](c2[c-]cccc2)C1c1ccccc1C.[Ir+3]. The Morgan fingerprint density at radius 1 is 0.636 bits per heavy atom. The maximum Gasteiger partial charge on any atom is 3.00 e. The van der Waals surface area contributed by atoms with Gasteiger partial charge in [0.1, 0.15) is 5.69 Å². The van der Waals surface area contributed by atoms with E-state index in [0.717, 1.165) is 22.8 Å². The van der Waals surface area contributed by atoms with Gasteiger partial charge in [-0.3, -0.25) is 4.98 Å². The van der Waals surface area contributed by atoms with E-state index in [1.165, 1.54) is 44.8 Å². The zero-order chi connectivity index (χ0) is 37.6. The van der Waals surface area contributed by atoms with Crippen molar-refractivity contribution in [2.24, 2.45) is 0 Å². The van der Waals surface area contributed by atoms with E-state index in [2.05, 4.69) is 200 Å². The van der Waals surface area contributed by atoms with Crippen molar-refractivity contribution in [1.82, 2.24) is 9.55 Å². The van der Waals surface area contributed by atoms with Crippen molar-refractivity contribution in [3.8, 4) is 17.1 Å². The maximum absolute atomic E-state index is 4.60. The number of aromatic nitrogens is 2. The Balaban J connectivity index is 0.000000192. The van der Waals surface area contributed by atoms with Gasteiger partial charge in [0.25, 0.3) is 0 Å². The number of imidazole rings is 1. The number of aryl methyl sites for hydroxylation is 2. The summed E-state index contributed by atoms with van der Waals surface area (Å²) in [7, 11) is 0. The van der Waals surface area contributed by atoms with E-state index in [1.54, 1.807) is 0 Å². The second-order valence-corrected chi connectivity index (χ2v) is 14.3. The molecule has 0 saturated heterocycles. The van der Waals surface area contributed by atoms with Crippen molar-refractivity contribution in [3.63, 3.8) is 0 Å². The van der Waals surface area contributed by atoms with Gasteiger partial charge in [0, 0.05) is 34.9 Å². The summed E-state index contributed by atoms with van der Waals surface area (Å²) in [6, 6.07) is 57.2. The summed E-state index contributed by atoms with van der Waals surface area (Å²) < 4.78 is 6.65. The second-order valence-electron chi connectivity index (χ2n) is 14.3. The molecule has 1 aliphatic heterocycles. The molecule has 0 fully saturated rings. The Kier molecular flexibility index (Phi) is 12.7. The van der Waals surface area contributed by atoms with Crippen LogP contribution in [0.1, 0.15) is 79.0 Å². The average molecular weight is 896 g/mol. The van der Waals surface area contributed by atoms with Gasteiger partial charge in [0.15, 0.2) is 5.71 Å². The summed E-state index contributed by atoms with van der Waals surface area (Å²) in [6.07, 6.45) is 7.60. The number of hydrogen-bond acceptors (Lipinski definition) is 1. The van der Waals surface area contributed by atoms with Gasteiger partial charge in [-0.2, -0.15) is 24.3 Å². The largest absolute Gasteiger partial charge is 3.00 e. The van der Waals surface area contributed by atoms with E-state index in [-0.39, 0.29) is 26.1 Å². The molecule has 0 saturated carbocycles. The van der Waals surface area contributed by atoms with Crippen LogP contribution in [0.4, 0.5) is 11.4 Å². The van der Waals surface area contributed by atoms with Gasteiger partial charge < -0.3 is 4.57 Å². The van der Waals surface area contributed by atoms with E-state index in [4.69, 9.17) is 0 Å². The number of rotatable bonds is 8. The van der Waals surface area contributed by atoms with Gasteiger partial charge in [-0.1, -0.05) is 113 Å². The number of benzene rings is 6.